The molecule has 88 valence electrons. The van der Waals surface area contributed by atoms with Crippen molar-refractivity contribution < 1.29 is 4.39 Å². The van der Waals surface area contributed by atoms with Gasteiger partial charge in [0, 0.05) is 9.50 Å². The fourth-order valence-corrected chi connectivity index (χ4v) is 2.31. The topological polar surface area (TPSA) is 26.0 Å². The Hall–Kier alpha value is -0.900. The van der Waals surface area contributed by atoms with Gasteiger partial charge in [-0.05, 0) is 41.5 Å². The number of halogens is 3. The molecule has 2 rings (SSSR count). The SMILES string of the molecule is NC(c1cccc(F)c1)c1cc(Cl)ccc1Br. The number of rotatable bonds is 2. The zero-order valence-corrected chi connectivity index (χ0v) is 11.2. The molecule has 0 radical (unpaired) electrons. The van der Waals surface area contributed by atoms with Crippen LogP contribution < -0.4 is 5.73 Å². The molecule has 0 heterocycles. The van der Waals surface area contributed by atoms with E-state index in [-0.39, 0.29) is 5.82 Å². The van der Waals surface area contributed by atoms with Crippen molar-refractivity contribution >= 4 is 27.5 Å². The Morgan fingerprint density at radius 3 is 2.65 bits per heavy atom. The molecule has 0 saturated carbocycles. The largest absolute Gasteiger partial charge is 0.320 e. The maximum absolute atomic E-state index is 13.1. The first-order valence-corrected chi connectivity index (χ1v) is 6.21. The molecule has 0 aliphatic rings. The van der Waals surface area contributed by atoms with Crippen molar-refractivity contribution in [3.05, 3.63) is 68.9 Å². The first kappa shape index (κ1) is 12.6. The molecule has 0 aliphatic heterocycles. The van der Waals surface area contributed by atoms with Crippen LogP contribution in [-0.4, -0.2) is 0 Å². The van der Waals surface area contributed by atoms with Crippen LogP contribution in [-0.2, 0) is 0 Å². The van der Waals surface area contributed by atoms with E-state index in [1.165, 1.54) is 12.1 Å². The van der Waals surface area contributed by atoms with Crippen molar-refractivity contribution in [3.8, 4) is 0 Å². The van der Waals surface area contributed by atoms with Crippen LogP contribution in [0, 0.1) is 5.82 Å². The summed E-state index contributed by atoms with van der Waals surface area (Å²) >= 11 is 9.34. The minimum atomic E-state index is -0.404. The predicted octanol–water partition coefficient (Wildman–Crippen LogP) is 4.29. The standard InChI is InChI=1S/C13H10BrClFN/c14-12-5-4-9(15)7-11(12)13(17)8-2-1-3-10(16)6-8/h1-7,13H,17H2. The quantitative estimate of drug-likeness (QED) is 0.879. The molecule has 0 saturated heterocycles. The van der Waals surface area contributed by atoms with E-state index in [9.17, 15) is 4.39 Å². The fraction of sp³-hybridized carbons (Fsp3) is 0.0769. The van der Waals surface area contributed by atoms with Crippen molar-refractivity contribution in [2.75, 3.05) is 0 Å². The van der Waals surface area contributed by atoms with Gasteiger partial charge >= 0.3 is 0 Å². The second kappa shape index (κ2) is 5.17. The highest BCUT2D eigenvalue weighted by Gasteiger charge is 2.13. The number of nitrogens with two attached hydrogens (primary N) is 1. The normalized spacial score (nSPS) is 12.5. The van der Waals surface area contributed by atoms with Gasteiger partial charge in [-0.2, -0.15) is 0 Å². The summed E-state index contributed by atoms with van der Waals surface area (Å²) in [7, 11) is 0. The summed E-state index contributed by atoms with van der Waals surface area (Å²) < 4.78 is 14.0. The number of hydrogen-bond acceptors (Lipinski definition) is 1. The van der Waals surface area contributed by atoms with Crippen LogP contribution in [0.2, 0.25) is 5.02 Å². The lowest BCUT2D eigenvalue weighted by molar-refractivity contribution is 0.623. The van der Waals surface area contributed by atoms with Crippen LogP contribution in [0.25, 0.3) is 0 Å². The number of hydrogen-bond donors (Lipinski definition) is 1. The molecule has 0 aliphatic carbocycles. The summed E-state index contributed by atoms with van der Waals surface area (Å²) in [5.74, 6) is -0.295. The molecule has 2 N–H and O–H groups in total. The minimum absolute atomic E-state index is 0.295. The van der Waals surface area contributed by atoms with Crippen LogP contribution in [0.15, 0.2) is 46.9 Å². The van der Waals surface area contributed by atoms with E-state index in [1.54, 1.807) is 24.3 Å². The van der Waals surface area contributed by atoms with Crippen molar-refractivity contribution in [2.24, 2.45) is 5.73 Å². The van der Waals surface area contributed by atoms with Crippen LogP contribution in [0.5, 0.6) is 0 Å². The van der Waals surface area contributed by atoms with Crippen molar-refractivity contribution in [1.29, 1.82) is 0 Å². The van der Waals surface area contributed by atoms with Gasteiger partial charge in [0.25, 0.3) is 0 Å². The highest BCUT2D eigenvalue weighted by molar-refractivity contribution is 9.10. The molecule has 17 heavy (non-hydrogen) atoms. The van der Waals surface area contributed by atoms with E-state index in [1.807, 2.05) is 6.07 Å². The summed E-state index contributed by atoms with van der Waals surface area (Å²) in [5.41, 5.74) is 7.65. The average molecular weight is 315 g/mol. The van der Waals surface area contributed by atoms with E-state index in [0.717, 1.165) is 10.0 Å². The Balaban J connectivity index is 2.43. The maximum atomic E-state index is 13.1. The van der Waals surface area contributed by atoms with Gasteiger partial charge < -0.3 is 5.73 Å². The van der Waals surface area contributed by atoms with Gasteiger partial charge in [-0.25, -0.2) is 4.39 Å². The molecule has 1 unspecified atom stereocenters. The molecule has 0 amide bonds. The molecule has 1 atom stereocenters. The van der Waals surface area contributed by atoms with E-state index >= 15 is 0 Å². The minimum Gasteiger partial charge on any atom is -0.320 e. The summed E-state index contributed by atoms with van der Waals surface area (Å²) in [6.45, 7) is 0. The molecule has 2 aromatic carbocycles. The van der Waals surface area contributed by atoms with Gasteiger partial charge in [0.15, 0.2) is 0 Å². The highest BCUT2D eigenvalue weighted by atomic mass is 79.9. The molecule has 1 nitrogen and oxygen atoms in total. The van der Waals surface area contributed by atoms with Crippen molar-refractivity contribution in [1.82, 2.24) is 0 Å². The van der Waals surface area contributed by atoms with Crippen molar-refractivity contribution in [3.63, 3.8) is 0 Å². The second-order valence-corrected chi connectivity index (χ2v) is 4.99. The molecule has 2 aromatic rings. The zero-order valence-electron chi connectivity index (χ0n) is 8.83. The molecule has 0 aromatic heterocycles. The third-order valence-electron chi connectivity index (χ3n) is 2.50. The summed E-state index contributed by atoms with van der Waals surface area (Å²) in [5, 5.41) is 0.607. The van der Waals surface area contributed by atoms with Crippen molar-refractivity contribution in [2.45, 2.75) is 6.04 Å². The van der Waals surface area contributed by atoms with Crippen LogP contribution in [0.4, 0.5) is 4.39 Å². The van der Waals surface area contributed by atoms with Gasteiger partial charge in [0.1, 0.15) is 5.82 Å². The number of benzene rings is 2. The van der Waals surface area contributed by atoms with Gasteiger partial charge in [-0.1, -0.05) is 39.7 Å². The lowest BCUT2D eigenvalue weighted by Gasteiger charge is -2.14. The van der Waals surface area contributed by atoms with Crippen LogP contribution in [0.1, 0.15) is 17.2 Å². The van der Waals surface area contributed by atoms with E-state index in [4.69, 9.17) is 17.3 Å². The second-order valence-electron chi connectivity index (χ2n) is 3.70. The Kier molecular flexibility index (Phi) is 3.82. The smallest absolute Gasteiger partial charge is 0.123 e. The fourth-order valence-electron chi connectivity index (χ4n) is 1.63. The monoisotopic (exact) mass is 313 g/mol. The summed E-state index contributed by atoms with van der Waals surface area (Å²) in [6.07, 6.45) is 0. The summed E-state index contributed by atoms with van der Waals surface area (Å²) in [4.78, 5) is 0. The van der Waals surface area contributed by atoms with Gasteiger partial charge in [-0.15, -0.1) is 0 Å². The first-order chi connectivity index (χ1) is 8.08. The Morgan fingerprint density at radius 1 is 1.18 bits per heavy atom. The third kappa shape index (κ3) is 2.86. The van der Waals surface area contributed by atoms with Gasteiger partial charge in [0.05, 0.1) is 6.04 Å². The molecule has 0 fully saturated rings. The first-order valence-electron chi connectivity index (χ1n) is 5.04. The zero-order chi connectivity index (χ0) is 12.4. The molecular formula is C13H10BrClFN. The molecule has 4 heteroatoms. The lowest BCUT2D eigenvalue weighted by Crippen LogP contribution is -2.12. The van der Waals surface area contributed by atoms with Gasteiger partial charge in [-0.3, -0.25) is 0 Å². The van der Waals surface area contributed by atoms with E-state index in [0.29, 0.717) is 10.6 Å². The van der Waals surface area contributed by atoms with E-state index < -0.39 is 6.04 Å². The third-order valence-corrected chi connectivity index (χ3v) is 3.46. The molecule has 0 spiro atoms. The maximum Gasteiger partial charge on any atom is 0.123 e. The Labute approximate surface area is 113 Å². The summed E-state index contributed by atoms with van der Waals surface area (Å²) in [6, 6.07) is 11.2. The Morgan fingerprint density at radius 2 is 1.94 bits per heavy atom. The lowest BCUT2D eigenvalue weighted by atomic mass is 10.00. The van der Waals surface area contributed by atoms with Crippen LogP contribution >= 0.6 is 27.5 Å². The predicted molar refractivity (Wildman–Crippen MR) is 71.6 cm³/mol. The van der Waals surface area contributed by atoms with Gasteiger partial charge in [0.2, 0.25) is 0 Å². The molecule has 0 bridgehead atoms. The van der Waals surface area contributed by atoms with Crippen LogP contribution in [0.3, 0.4) is 0 Å². The average Bonchev–Trinajstić information content (AvgIpc) is 2.31. The Bertz CT molecular complexity index is 545. The molecular weight excluding hydrogens is 305 g/mol. The highest BCUT2D eigenvalue weighted by Crippen LogP contribution is 2.29. The van der Waals surface area contributed by atoms with E-state index in [2.05, 4.69) is 15.9 Å².